The van der Waals surface area contributed by atoms with E-state index in [1.807, 2.05) is 49.4 Å². The topological polar surface area (TPSA) is 39.4 Å². The maximum atomic E-state index is 13.3. The number of halogens is 1. The monoisotopic (exact) mass is 432 g/mol. The van der Waals surface area contributed by atoms with Crippen LogP contribution in [0.2, 0.25) is 5.02 Å². The third-order valence-corrected chi connectivity index (χ3v) is 5.72. The Bertz CT molecular complexity index is 1300. The lowest BCUT2D eigenvalue weighted by Crippen LogP contribution is -2.11. The number of fused-ring (bicyclic) bond motifs is 1. The summed E-state index contributed by atoms with van der Waals surface area (Å²) >= 11 is 6.28. The van der Waals surface area contributed by atoms with Crippen molar-refractivity contribution < 1.29 is 9.15 Å². The van der Waals surface area contributed by atoms with E-state index < -0.39 is 0 Å². The standard InChI is InChI=1S/C27H25ClO3/c1-17-9-14-21-23(15-17)31-25(18-10-12-20(13-11-18)27(2,3)4)26(24(21)29)30-16-19-7-5-6-8-22(19)28/h5-15H,16H2,1-4H3. The first-order valence-electron chi connectivity index (χ1n) is 10.3. The highest BCUT2D eigenvalue weighted by atomic mass is 35.5. The summed E-state index contributed by atoms with van der Waals surface area (Å²) in [6, 6.07) is 21.1. The molecule has 3 aromatic carbocycles. The molecule has 4 heteroatoms. The van der Waals surface area contributed by atoms with Gasteiger partial charge in [0.2, 0.25) is 11.2 Å². The van der Waals surface area contributed by atoms with E-state index in [4.69, 9.17) is 20.8 Å². The summed E-state index contributed by atoms with van der Waals surface area (Å²) in [6.07, 6.45) is 0. The van der Waals surface area contributed by atoms with Crippen LogP contribution in [0, 0.1) is 6.92 Å². The summed E-state index contributed by atoms with van der Waals surface area (Å²) in [4.78, 5) is 13.3. The molecule has 0 unspecified atom stereocenters. The molecule has 0 fully saturated rings. The molecule has 0 saturated carbocycles. The van der Waals surface area contributed by atoms with Crippen molar-refractivity contribution in [3.63, 3.8) is 0 Å². The normalized spacial score (nSPS) is 11.6. The van der Waals surface area contributed by atoms with Crippen LogP contribution in [-0.4, -0.2) is 0 Å². The highest BCUT2D eigenvalue weighted by Gasteiger charge is 2.20. The Morgan fingerprint density at radius 1 is 0.968 bits per heavy atom. The molecule has 1 heterocycles. The zero-order valence-corrected chi connectivity index (χ0v) is 18.9. The van der Waals surface area contributed by atoms with Crippen molar-refractivity contribution in [3.05, 3.63) is 98.7 Å². The number of hydrogen-bond acceptors (Lipinski definition) is 3. The van der Waals surface area contributed by atoms with Gasteiger partial charge in [0, 0.05) is 16.1 Å². The fourth-order valence-corrected chi connectivity index (χ4v) is 3.68. The highest BCUT2D eigenvalue weighted by Crippen LogP contribution is 2.33. The minimum Gasteiger partial charge on any atom is -0.481 e. The smallest absolute Gasteiger partial charge is 0.235 e. The van der Waals surface area contributed by atoms with Gasteiger partial charge in [0.1, 0.15) is 12.2 Å². The average Bonchev–Trinajstić information content (AvgIpc) is 2.73. The molecule has 4 aromatic rings. The fraction of sp³-hybridized carbons (Fsp3) is 0.222. The van der Waals surface area contributed by atoms with Gasteiger partial charge in [0.05, 0.1) is 5.39 Å². The van der Waals surface area contributed by atoms with Crippen LogP contribution in [0.1, 0.15) is 37.5 Å². The van der Waals surface area contributed by atoms with E-state index in [0.29, 0.717) is 21.8 Å². The molecule has 0 atom stereocenters. The Hall–Kier alpha value is -3.04. The second-order valence-corrected chi connectivity index (χ2v) is 9.20. The fourth-order valence-electron chi connectivity index (χ4n) is 3.49. The van der Waals surface area contributed by atoms with E-state index in [9.17, 15) is 4.79 Å². The predicted octanol–water partition coefficient (Wildman–Crippen LogP) is 7.30. The van der Waals surface area contributed by atoms with E-state index in [-0.39, 0.29) is 23.2 Å². The first-order valence-corrected chi connectivity index (χ1v) is 10.7. The summed E-state index contributed by atoms with van der Waals surface area (Å²) in [5.41, 5.74) is 4.21. The third-order valence-electron chi connectivity index (χ3n) is 5.35. The molecule has 0 aliphatic carbocycles. The first-order chi connectivity index (χ1) is 14.7. The molecule has 0 bridgehead atoms. The molecule has 4 rings (SSSR count). The number of aryl methyl sites for hydroxylation is 1. The summed E-state index contributed by atoms with van der Waals surface area (Å²) < 4.78 is 12.3. The number of benzene rings is 3. The van der Waals surface area contributed by atoms with Gasteiger partial charge in [0.15, 0.2) is 5.76 Å². The van der Waals surface area contributed by atoms with Crippen molar-refractivity contribution in [2.75, 3.05) is 0 Å². The number of rotatable bonds is 4. The van der Waals surface area contributed by atoms with Crippen molar-refractivity contribution in [2.45, 2.75) is 39.7 Å². The Labute approximate surface area is 187 Å². The molecule has 0 amide bonds. The molecule has 0 aliphatic rings. The van der Waals surface area contributed by atoms with Gasteiger partial charge >= 0.3 is 0 Å². The first kappa shape index (κ1) is 21.2. The molecular weight excluding hydrogens is 408 g/mol. The van der Waals surface area contributed by atoms with Crippen LogP contribution in [0.25, 0.3) is 22.3 Å². The van der Waals surface area contributed by atoms with E-state index >= 15 is 0 Å². The van der Waals surface area contributed by atoms with E-state index in [1.54, 1.807) is 12.1 Å². The minimum absolute atomic E-state index is 0.0310. The molecule has 1 aromatic heterocycles. The van der Waals surface area contributed by atoms with Crippen molar-refractivity contribution in [2.24, 2.45) is 0 Å². The summed E-state index contributed by atoms with van der Waals surface area (Å²) in [7, 11) is 0. The predicted molar refractivity (Wildman–Crippen MR) is 127 cm³/mol. The molecule has 0 saturated heterocycles. The van der Waals surface area contributed by atoms with Crippen LogP contribution in [0.15, 0.2) is 75.9 Å². The van der Waals surface area contributed by atoms with E-state index in [2.05, 4.69) is 32.9 Å². The van der Waals surface area contributed by atoms with Gasteiger partial charge < -0.3 is 9.15 Å². The Balaban J connectivity index is 1.84. The van der Waals surface area contributed by atoms with Crippen molar-refractivity contribution >= 4 is 22.6 Å². The number of hydrogen-bond donors (Lipinski definition) is 0. The van der Waals surface area contributed by atoms with Gasteiger partial charge in [-0.25, -0.2) is 0 Å². The molecule has 0 spiro atoms. The molecule has 158 valence electrons. The van der Waals surface area contributed by atoms with Crippen LogP contribution < -0.4 is 10.2 Å². The lowest BCUT2D eigenvalue weighted by Gasteiger charge is -2.19. The largest absolute Gasteiger partial charge is 0.481 e. The van der Waals surface area contributed by atoms with Gasteiger partial charge in [0.25, 0.3) is 0 Å². The maximum absolute atomic E-state index is 13.3. The van der Waals surface area contributed by atoms with Gasteiger partial charge in [-0.05, 0) is 41.7 Å². The Morgan fingerprint density at radius 2 is 1.68 bits per heavy atom. The summed E-state index contributed by atoms with van der Waals surface area (Å²) in [6.45, 7) is 8.64. The second kappa shape index (κ2) is 8.24. The molecule has 0 radical (unpaired) electrons. The van der Waals surface area contributed by atoms with Crippen molar-refractivity contribution in [1.82, 2.24) is 0 Å². The zero-order valence-electron chi connectivity index (χ0n) is 18.2. The van der Waals surface area contributed by atoms with Crippen LogP contribution in [-0.2, 0) is 12.0 Å². The van der Waals surface area contributed by atoms with Crippen molar-refractivity contribution in [3.8, 4) is 17.1 Å². The SMILES string of the molecule is Cc1ccc2c(=O)c(OCc3ccccc3Cl)c(-c3ccc(C(C)(C)C)cc3)oc2c1. The van der Waals surface area contributed by atoms with Crippen molar-refractivity contribution in [1.29, 1.82) is 0 Å². The average molecular weight is 433 g/mol. The van der Waals surface area contributed by atoms with Crippen LogP contribution in [0.4, 0.5) is 0 Å². The second-order valence-electron chi connectivity index (χ2n) is 8.80. The van der Waals surface area contributed by atoms with Gasteiger partial charge in [-0.2, -0.15) is 0 Å². The zero-order chi connectivity index (χ0) is 22.2. The highest BCUT2D eigenvalue weighted by molar-refractivity contribution is 6.31. The molecule has 0 aliphatic heterocycles. The van der Waals surface area contributed by atoms with E-state index in [0.717, 1.165) is 16.7 Å². The molecule has 0 N–H and O–H groups in total. The van der Waals surface area contributed by atoms with Crippen LogP contribution >= 0.6 is 11.6 Å². The van der Waals surface area contributed by atoms with Crippen LogP contribution in [0.5, 0.6) is 5.75 Å². The minimum atomic E-state index is -0.191. The van der Waals surface area contributed by atoms with Gasteiger partial charge in [-0.1, -0.05) is 80.9 Å². The maximum Gasteiger partial charge on any atom is 0.235 e. The summed E-state index contributed by atoms with van der Waals surface area (Å²) in [5.74, 6) is 0.621. The van der Waals surface area contributed by atoms with Crippen LogP contribution in [0.3, 0.4) is 0 Å². The van der Waals surface area contributed by atoms with E-state index in [1.165, 1.54) is 5.56 Å². The quantitative estimate of drug-likeness (QED) is 0.339. The number of ether oxygens (including phenoxy) is 1. The van der Waals surface area contributed by atoms with Gasteiger partial charge in [-0.15, -0.1) is 0 Å². The third kappa shape index (κ3) is 4.38. The Kier molecular flexibility index (Phi) is 5.63. The summed E-state index contributed by atoms with van der Waals surface area (Å²) in [5, 5.41) is 1.09. The van der Waals surface area contributed by atoms with Gasteiger partial charge in [-0.3, -0.25) is 4.79 Å². The molecular formula is C27H25ClO3. The lowest BCUT2D eigenvalue weighted by atomic mass is 9.86. The molecule has 31 heavy (non-hydrogen) atoms. The molecule has 3 nitrogen and oxygen atoms in total. The Morgan fingerprint density at radius 3 is 2.35 bits per heavy atom. The lowest BCUT2D eigenvalue weighted by molar-refractivity contribution is 0.298.